The van der Waals surface area contributed by atoms with Gasteiger partial charge >= 0.3 is 0 Å². The molecule has 0 spiro atoms. The first-order valence-corrected chi connectivity index (χ1v) is 18.5. The minimum Gasteiger partial charge on any atom is -0.461 e. The van der Waals surface area contributed by atoms with Crippen LogP contribution in [0, 0.1) is 10.8 Å². The van der Waals surface area contributed by atoms with Crippen LogP contribution in [0.2, 0.25) is 0 Å². The Kier molecular flexibility index (Phi) is 8.78. The number of aromatic nitrogens is 6. The minimum atomic E-state index is 0.0742. The van der Waals surface area contributed by atoms with E-state index in [2.05, 4.69) is 122 Å². The van der Waals surface area contributed by atoms with Crippen LogP contribution in [0.3, 0.4) is 0 Å². The summed E-state index contributed by atoms with van der Waals surface area (Å²) in [7, 11) is 0. The molecule has 0 saturated heterocycles. The molecule has 6 aromatic rings. The number of rotatable bonds is 11. The third-order valence-corrected chi connectivity index (χ3v) is 10.6. The molecule has 0 aliphatic heterocycles. The summed E-state index contributed by atoms with van der Waals surface area (Å²) in [4.78, 5) is 2.43. The summed E-state index contributed by atoms with van der Waals surface area (Å²) in [5.41, 5.74) is 6.71. The predicted molar refractivity (Wildman–Crippen MR) is 198 cm³/mol. The number of furan rings is 2. The molecule has 8 rings (SSSR count). The second-order valence-corrected chi connectivity index (χ2v) is 16.3. The van der Waals surface area contributed by atoms with E-state index in [1.165, 1.54) is 11.1 Å². The Morgan fingerprint density at radius 1 is 0.686 bits per heavy atom. The molecule has 0 saturated carbocycles. The topological polar surface area (TPSA) is 90.9 Å². The number of hydrogen-bond acceptors (Lipinski definition) is 7. The van der Waals surface area contributed by atoms with Crippen LogP contribution in [0.4, 0.5) is 0 Å². The smallest absolute Gasteiger partial charge is 0.134 e. The van der Waals surface area contributed by atoms with Crippen LogP contribution >= 0.6 is 0 Å². The lowest BCUT2D eigenvalue weighted by molar-refractivity contribution is 0.231. The Morgan fingerprint density at radius 2 is 1.14 bits per heavy atom. The molecule has 0 radical (unpaired) electrons. The van der Waals surface area contributed by atoms with Crippen molar-refractivity contribution in [2.45, 2.75) is 98.3 Å². The molecule has 2 atom stereocenters. The van der Waals surface area contributed by atoms with Crippen LogP contribution in [-0.2, 0) is 25.9 Å². The quantitative estimate of drug-likeness (QED) is 0.134. The van der Waals surface area contributed by atoms with Gasteiger partial charge in [0.15, 0.2) is 0 Å². The SMILES string of the molecule is CCCCN(Cc1cn(C2CC(C)(C)Cc3oc(-c4ccccc4)cc32)nn1)Cc1cn(C2CC(C)(C)Cc3oc(-c4ccccc4)cc32)nn1. The van der Waals surface area contributed by atoms with E-state index in [4.69, 9.17) is 29.5 Å². The van der Waals surface area contributed by atoms with E-state index in [9.17, 15) is 0 Å². The van der Waals surface area contributed by atoms with Crippen LogP contribution in [-0.4, -0.2) is 41.4 Å². The molecule has 4 heterocycles. The van der Waals surface area contributed by atoms with Gasteiger partial charge in [0.1, 0.15) is 23.0 Å². The maximum Gasteiger partial charge on any atom is 0.134 e. The fraction of sp³-hybridized carbons (Fsp3) is 0.429. The van der Waals surface area contributed by atoms with Crippen molar-refractivity contribution in [1.29, 1.82) is 0 Å². The molecule has 0 fully saturated rings. The molecule has 4 aromatic heterocycles. The average Bonchev–Trinajstić information content (AvgIpc) is 3.93. The summed E-state index contributed by atoms with van der Waals surface area (Å²) in [6.07, 6.45) is 10.2. The maximum absolute atomic E-state index is 6.47. The number of hydrogen-bond donors (Lipinski definition) is 0. The van der Waals surface area contributed by atoms with Crippen molar-refractivity contribution in [2.24, 2.45) is 10.8 Å². The Morgan fingerprint density at radius 3 is 1.57 bits per heavy atom. The highest BCUT2D eigenvalue weighted by atomic mass is 16.3. The molecule has 2 aliphatic carbocycles. The van der Waals surface area contributed by atoms with Gasteiger partial charge in [-0.15, -0.1) is 10.2 Å². The normalized spacial score (nSPS) is 19.3. The molecule has 9 heteroatoms. The largest absolute Gasteiger partial charge is 0.461 e. The summed E-state index contributed by atoms with van der Waals surface area (Å²) in [6, 6.07) is 25.3. The molecule has 2 unspecified atom stereocenters. The van der Waals surface area contributed by atoms with Gasteiger partial charge in [-0.3, -0.25) is 4.90 Å². The molecular formula is C42H49N7O2. The van der Waals surface area contributed by atoms with Gasteiger partial charge in [-0.2, -0.15) is 0 Å². The molecule has 2 aliphatic rings. The molecule has 264 valence electrons. The van der Waals surface area contributed by atoms with Crippen LogP contribution in [0.5, 0.6) is 0 Å². The summed E-state index contributed by atoms with van der Waals surface area (Å²) in [6.45, 7) is 13.8. The van der Waals surface area contributed by atoms with E-state index < -0.39 is 0 Å². The second kappa shape index (κ2) is 13.4. The zero-order chi connectivity index (χ0) is 35.2. The first kappa shape index (κ1) is 33.4. The van der Waals surface area contributed by atoms with Crippen LogP contribution in [0.1, 0.15) is 106 Å². The highest BCUT2D eigenvalue weighted by molar-refractivity contribution is 5.60. The van der Waals surface area contributed by atoms with Crippen molar-refractivity contribution in [3.05, 3.63) is 119 Å². The Bertz CT molecular complexity index is 1940. The molecule has 0 bridgehead atoms. The first-order valence-electron chi connectivity index (χ1n) is 18.5. The molecule has 9 nitrogen and oxygen atoms in total. The maximum atomic E-state index is 6.47. The van der Waals surface area contributed by atoms with Crippen molar-refractivity contribution in [3.63, 3.8) is 0 Å². The molecule has 0 N–H and O–H groups in total. The fourth-order valence-electron chi connectivity index (χ4n) is 8.10. The highest BCUT2D eigenvalue weighted by Crippen LogP contribution is 2.46. The van der Waals surface area contributed by atoms with Crippen molar-refractivity contribution >= 4 is 0 Å². The van der Waals surface area contributed by atoms with Gasteiger partial charge in [0, 0.05) is 48.2 Å². The van der Waals surface area contributed by atoms with E-state index in [1.807, 2.05) is 12.1 Å². The number of nitrogens with zero attached hydrogens (tertiary/aromatic N) is 7. The molecule has 0 amide bonds. The Labute approximate surface area is 300 Å². The summed E-state index contributed by atoms with van der Waals surface area (Å²) >= 11 is 0. The van der Waals surface area contributed by atoms with Gasteiger partial charge < -0.3 is 8.83 Å². The van der Waals surface area contributed by atoms with Gasteiger partial charge in [-0.25, -0.2) is 9.36 Å². The zero-order valence-electron chi connectivity index (χ0n) is 30.5. The lowest BCUT2D eigenvalue weighted by Crippen LogP contribution is -2.28. The van der Waals surface area contributed by atoms with Gasteiger partial charge in [0.05, 0.1) is 35.9 Å². The van der Waals surface area contributed by atoms with E-state index in [-0.39, 0.29) is 22.9 Å². The molecule has 51 heavy (non-hydrogen) atoms. The van der Waals surface area contributed by atoms with Crippen molar-refractivity contribution in [3.8, 4) is 22.6 Å². The van der Waals surface area contributed by atoms with E-state index in [0.717, 1.165) is 90.6 Å². The Hall–Kier alpha value is -4.76. The third-order valence-electron chi connectivity index (χ3n) is 10.6. The Balaban J connectivity index is 1.01. The number of fused-ring (bicyclic) bond motifs is 2. The molecule has 2 aromatic carbocycles. The van der Waals surface area contributed by atoms with Crippen LogP contribution < -0.4 is 0 Å². The molecular weight excluding hydrogens is 635 g/mol. The lowest BCUT2D eigenvalue weighted by atomic mass is 9.75. The van der Waals surface area contributed by atoms with E-state index >= 15 is 0 Å². The summed E-state index contributed by atoms with van der Waals surface area (Å²) in [5, 5.41) is 18.8. The van der Waals surface area contributed by atoms with E-state index in [0.29, 0.717) is 13.1 Å². The van der Waals surface area contributed by atoms with Gasteiger partial charge in [0.25, 0.3) is 0 Å². The van der Waals surface area contributed by atoms with Crippen LogP contribution in [0.25, 0.3) is 22.6 Å². The lowest BCUT2D eigenvalue weighted by Gasteiger charge is -2.34. The van der Waals surface area contributed by atoms with Gasteiger partial charge in [-0.05, 0) is 48.8 Å². The van der Waals surface area contributed by atoms with Gasteiger partial charge in [0.2, 0.25) is 0 Å². The standard InChI is InChI=1S/C42H49N7O2/c1-6-7-18-47(25-31-27-48(45-43-31)35-21-41(2,3)23-39-33(35)19-37(50-39)29-14-10-8-11-15-29)26-32-28-49(46-44-32)36-22-42(4,5)24-40-34(36)20-38(51-40)30-16-12-9-13-17-30/h8-17,19-20,27-28,35-36H,6-7,18,21-26H2,1-5H3. The summed E-state index contributed by atoms with van der Waals surface area (Å²) in [5.74, 6) is 3.94. The first-order chi connectivity index (χ1) is 24.6. The minimum absolute atomic E-state index is 0.0742. The predicted octanol–water partition coefficient (Wildman–Crippen LogP) is 9.32. The van der Waals surface area contributed by atoms with Crippen LogP contribution in [0.15, 0.2) is 94.0 Å². The van der Waals surface area contributed by atoms with Gasteiger partial charge in [-0.1, -0.05) is 112 Å². The average molecular weight is 684 g/mol. The second-order valence-electron chi connectivity index (χ2n) is 16.3. The van der Waals surface area contributed by atoms with Crippen molar-refractivity contribution in [2.75, 3.05) is 6.54 Å². The third kappa shape index (κ3) is 7.09. The summed E-state index contributed by atoms with van der Waals surface area (Å²) < 4.78 is 17.1. The van der Waals surface area contributed by atoms with E-state index in [1.54, 1.807) is 0 Å². The fourth-order valence-corrected chi connectivity index (χ4v) is 8.10. The number of benzene rings is 2. The highest BCUT2D eigenvalue weighted by Gasteiger charge is 2.38. The van der Waals surface area contributed by atoms with Crippen molar-refractivity contribution in [1.82, 2.24) is 34.9 Å². The monoisotopic (exact) mass is 683 g/mol. The number of unbranched alkanes of at least 4 members (excludes halogenated alkanes) is 1. The zero-order valence-corrected chi connectivity index (χ0v) is 30.5. The van der Waals surface area contributed by atoms with Crippen molar-refractivity contribution < 1.29 is 8.83 Å².